The molecule has 376 valence electrons. The van der Waals surface area contributed by atoms with Crippen molar-refractivity contribution < 1.29 is 160 Å². The van der Waals surface area contributed by atoms with E-state index in [4.69, 9.17) is 85.1 Å². The minimum atomic E-state index is -4.94. The van der Waals surface area contributed by atoms with Gasteiger partial charge in [-0.05, 0) is 36.4 Å². The van der Waals surface area contributed by atoms with Crippen LogP contribution in [0.3, 0.4) is 0 Å². The molecule has 69 heavy (non-hydrogen) atoms. The van der Waals surface area contributed by atoms with Crippen molar-refractivity contribution in [2.24, 2.45) is 0 Å². The van der Waals surface area contributed by atoms with Gasteiger partial charge in [0.05, 0.1) is 51.9 Å². The van der Waals surface area contributed by atoms with Gasteiger partial charge in [0.25, 0.3) is 0 Å². The molecule has 0 saturated carbocycles. The second-order valence-corrected chi connectivity index (χ2v) is 14.1. The third-order valence-electron chi connectivity index (χ3n) is 6.03. The zero-order valence-electron chi connectivity index (χ0n) is 36.2. The van der Waals surface area contributed by atoms with Crippen LogP contribution in [0.15, 0.2) is 111 Å². The molecule has 33 nitrogen and oxygen atoms in total. The number of nitrogens with zero attached hydrogens (tertiary/aromatic N) is 16. The van der Waals surface area contributed by atoms with E-state index in [1.54, 1.807) is 49.3 Å². The predicted molar refractivity (Wildman–Crippen MR) is 173 cm³/mol. The molecule has 0 aliphatic rings. The Labute approximate surface area is 426 Å². The van der Waals surface area contributed by atoms with Gasteiger partial charge in [0.15, 0.2) is 0 Å². The predicted octanol–water partition coefficient (Wildman–Crippen LogP) is -17.0. The summed E-state index contributed by atoms with van der Waals surface area (Å²) in [7, 11) is -19.8. The fourth-order valence-electron chi connectivity index (χ4n) is 4.08. The Morgan fingerprint density at radius 1 is 0.377 bits per heavy atom. The van der Waals surface area contributed by atoms with E-state index in [0.717, 1.165) is 52.9 Å². The molecule has 0 bridgehead atoms. The van der Waals surface area contributed by atoms with Gasteiger partial charge in [-0.2, -0.15) is 41.1 Å². The summed E-state index contributed by atoms with van der Waals surface area (Å²) >= 11 is 0. The van der Waals surface area contributed by atoms with Crippen LogP contribution in [0.5, 0.6) is 0 Å². The number of hydrogen-bond acceptors (Lipinski definition) is 26. The maximum atomic E-state index is 8.49. The van der Waals surface area contributed by atoms with Crippen molar-refractivity contribution in [3.05, 3.63) is 111 Å². The zero-order chi connectivity index (χ0) is 50.7. The second kappa shape index (κ2) is 41.6. The Kier molecular flexibility index (Phi) is 44.6. The Bertz CT molecular complexity index is 1760. The molecule has 0 aliphatic heterocycles. The van der Waals surface area contributed by atoms with Crippen LogP contribution in [-0.4, -0.2) is 87.0 Å². The standard InChI is InChI=1S/2C13H17N7.2C2H3N.4ClHO4.H2O.2Zn/c2*1-4-14-18(7-1)11-10-17(12-19-8-2-5-15-19)13-20-9-3-6-16-20;2*1-2-3;4*2-1(3,4)5;;;/h2*1-9H,10-13H2;2*1H3;4*(H,2,3,4,5);1H2;;/q;;;;;;;;;2*+2/p-4. The van der Waals surface area contributed by atoms with Gasteiger partial charge in [-0.25, -0.2) is 74.5 Å². The van der Waals surface area contributed by atoms with Crippen molar-refractivity contribution in [3.63, 3.8) is 0 Å². The fraction of sp³-hybridized carbons (Fsp3) is 0.333. The van der Waals surface area contributed by atoms with Crippen molar-refractivity contribution in [1.29, 1.82) is 10.5 Å². The molecule has 6 aromatic rings. The molecule has 0 amide bonds. The topological polar surface area (TPSA) is 561 Å². The molecule has 0 saturated heterocycles. The van der Waals surface area contributed by atoms with Crippen LogP contribution in [0, 0.1) is 63.6 Å². The van der Waals surface area contributed by atoms with E-state index in [9.17, 15) is 0 Å². The summed E-state index contributed by atoms with van der Waals surface area (Å²) in [6.45, 7) is 9.22. The summed E-state index contributed by atoms with van der Waals surface area (Å²) in [5.74, 6) is 0. The van der Waals surface area contributed by atoms with E-state index >= 15 is 0 Å². The molecule has 39 heteroatoms. The molecule has 0 spiro atoms. The third kappa shape index (κ3) is 59.9. The van der Waals surface area contributed by atoms with Crippen molar-refractivity contribution in [1.82, 2.24) is 68.5 Å². The minimum Gasteiger partial charge on any atom is -0.412 e. The zero-order valence-corrected chi connectivity index (χ0v) is 45.1. The van der Waals surface area contributed by atoms with E-state index in [1.165, 1.54) is 13.8 Å². The van der Waals surface area contributed by atoms with Crippen LogP contribution in [0.25, 0.3) is 0 Å². The molecule has 6 aromatic heterocycles. The van der Waals surface area contributed by atoms with Gasteiger partial charge in [0.1, 0.15) is 0 Å². The Morgan fingerprint density at radius 3 is 0.652 bits per heavy atom. The first-order valence-electron chi connectivity index (χ1n) is 17.0. The van der Waals surface area contributed by atoms with E-state index in [-0.39, 0.29) is 44.4 Å². The number of nitriles is 2. The summed E-state index contributed by atoms with van der Waals surface area (Å²) in [6, 6.07) is 15.1. The Balaban J connectivity index is -0.000000258. The van der Waals surface area contributed by atoms with Crippen molar-refractivity contribution in [3.8, 4) is 12.1 Å². The van der Waals surface area contributed by atoms with E-state index in [1.807, 2.05) is 102 Å². The molecule has 6 rings (SSSR count). The molecule has 0 radical (unpaired) electrons. The molecule has 2 N–H and O–H groups in total. The van der Waals surface area contributed by atoms with Gasteiger partial charge in [0.2, 0.25) is 0 Å². The molecule has 6 heterocycles. The van der Waals surface area contributed by atoms with Crippen molar-refractivity contribution in [2.75, 3.05) is 13.1 Å². The SMILES string of the molecule is CC#N.CC#N.O.[O-][Cl+3]([O-])([O-])[O-].[O-][Cl+3]([O-])([O-])[O-].[O-][Cl+3]([O-])([O-])[O-].[O-][Cl+3]([O-])([O-])[O-].[Zn+2].[Zn+2].c1cnn(CCN(Cn2cccn2)Cn2cccn2)c1.c1cnn(CCN(Cn2cccn2)Cn2cccn2)c1. The molecule has 0 atom stereocenters. The van der Waals surface area contributed by atoms with Gasteiger partial charge in [-0.3, -0.25) is 37.9 Å². The van der Waals surface area contributed by atoms with Crippen LogP contribution in [-0.2, 0) is 78.7 Å². The molecular formula is C30H42Cl4N16O17Zn2. The molecule has 0 unspecified atom stereocenters. The maximum Gasteiger partial charge on any atom is 2.00 e. The quantitative estimate of drug-likeness (QED) is 0.0914. The van der Waals surface area contributed by atoms with Crippen molar-refractivity contribution >= 4 is 0 Å². The maximum absolute atomic E-state index is 8.49. The average Bonchev–Trinajstić information content (AvgIpc) is 4.01. The first kappa shape index (κ1) is 73.8. The van der Waals surface area contributed by atoms with Gasteiger partial charge in [-0.15, -0.1) is 41.0 Å². The monoisotopic (exact) mass is 1170 g/mol. The van der Waals surface area contributed by atoms with Gasteiger partial charge >= 0.3 is 39.0 Å². The third-order valence-corrected chi connectivity index (χ3v) is 6.03. The van der Waals surface area contributed by atoms with Crippen LogP contribution >= 0.6 is 0 Å². The van der Waals surface area contributed by atoms with Crippen LogP contribution in [0.2, 0.25) is 0 Å². The van der Waals surface area contributed by atoms with E-state index in [2.05, 4.69) is 40.4 Å². The summed E-state index contributed by atoms with van der Waals surface area (Å²) in [6.07, 6.45) is 22.6. The summed E-state index contributed by atoms with van der Waals surface area (Å²) in [5.41, 5.74) is 0. The van der Waals surface area contributed by atoms with E-state index < -0.39 is 41.0 Å². The van der Waals surface area contributed by atoms with Crippen LogP contribution in [0.4, 0.5) is 0 Å². The van der Waals surface area contributed by atoms with Gasteiger partial charge in [-0.1, -0.05) is 0 Å². The average molecular weight is 1170 g/mol. The van der Waals surface area contributed by atoms with Crippen molar-refractivity contribution in [2.45, 2.75) is 53.6 Å². The largest absolute Gasteiger partial charge is 2.00 e. The van der Waals surface area contributed by atoms with Gasteiger partial charge in [0, 0.05) is 101 Å². The summed E-state index contributed by atoms with van der Waals surface area (Å²) < 4.78 is 147. The van der Waals surface area contributed by atoms with Crippen LogP contribution < -0.4 is 74.5 Å². The number of hydrogen-bond donors (Lipinski definition) is 0. The molecule has 0 fully saturated rings. The molecular weight excluding hydrogens is 1130 g/mol. The number of rotatable bonds is 14. The number of halogens is 4. The van der Waals surface area contributed by atoms with Gasteiger partial charge < -0.3 is 5.48 Å². The fourth-order valence-corrected chi connectivity index (χ4v) is 4.08. The Hall–Kier alpha value is -4.11. The first-order valence-corrected chi connectivity index (χ1v) is 21.9. The Morgan fingerprint density at radius 2 is 0.522 bits per heavy atom. The number of aromatic nitrogens is 12. The smallest absolute Gasteiger partial charge is 0.412 e. The minimum absolute atomic E-state index is 0. The normalized spacial score (nSPS) is 10.2. The first-order chi connectivity index (χ1) is 30.6. The molecule has 0 aromatic carbocycles. The van der Waals surface area contributed by atoms with Crippen LogP contribution in [0.1, 0.15) is 13.8 Å². The summed E-state index contributed by atoms with van der Waals surface area (Å²) in [4.78, 5) is 4.53. The van der Waals surface area contributed by atoms with E-state index in [0.29, 0.717) is 0 Å². The molecule has 0 aliphatic carbocycles. The second-order valence-electron chi connectivity index (χ2n) is 11.0. The summed E-state index contributed by atoms with van der Waals surface area (Å²) in [5, 5.41) is 40.1.